The van der Waals surface area contributed by atoms with E-state index in [1.165, 1.54) is 5.56 Å². The Morgan fingerprint density at radius 3 is 2.64 bits per heavy atom. The Bertz CT molecular complexity index is 364. The molecule has 0 radical (unpaired) electrons. The lowest BCUT2D eigenvalue weighted by Crippen LogP contribution is -2.11. The van der Waals surface area contributed by atoms with Crippen molar-refractivity contribution in [2.24, 2.45) is 11.7 Å². The van der Waals surface area contributed by atoms with Crippen molar-refractivity contribution < 1.29 is 0 Å². The summed E-state index contributed by atoms with van der Waals surface area (Å²) in [6.45, 7) is 2.97. The Morgan fingerprint density at radius 2 is 2.14 bits per heavy atom. The molecule has 0 spiro atoms. The number of hydrogen-bond donors (Lipinski definition) is 1. The Balaban J connectivity index is 2.31. The molecule has 1 aliphatic rings. The Labute approximate surface area is 94.2 Å². The second-order valence-corrected chi connectivity index (χ2v) is 5.00. The van der Waals surface area contributed by atoms with Crippen molar-refractivity contribution in [3.05, 3.63) is 33.8 Å². The first-order chi connectivity index (χ1) is 6.58. The first-order valence-electron chi connectivity index (χ1n) is 4.73. The monoisotopic (exact) mass is 229 g/mol. The quantitative estimate of drug-likeness (QED) is 0.829. The summed E-state index contributed by atoms with van der Waals surface area (Å²) < 4.78 is 0. The summed E-state index contributed by atoms with van der Waals surface area (Å²) in [5, 5.41) is 1.25. The summed E-state index contributed by atoms with van der Waals surface area (Å²) in [4.78, 5) is 0. The normalized spacial score (nSPS) is 30.4. The zero-order valence-corrected chi connectivity index (χ0v) is 9.57. The average molecular weight is 230 g/mol. The Hall–Kier alpha value is -0.240. The van der Waals surface area contributed by atoms with E-state index in [4.69, 9.17) is 28.9 Å². The fourth-order valence-corrected chi connectivity index (χ4v) is 2.30. The van der Waals surface area contributed by atoms with E-state index < -0.39 is 0 Å². The summed E-state index contributed by atoms with van der Waals surface area (Å²) in [5.74, 6) is 0.597. The number of hydrogen-bond acceptors (Lipinski definition) is 1. The predicted octanol–water partition coefficient (Wildman–Crippen LogP) is 3.23. The maximum Gasteiger partial charge on any atom is 0.0595 e. The van der Waals surface area contributed by atoms with Gasteiger partial charge in [-0.3, -0.25) is 0 Å². The molecule has 3 heteroatoms. The summed E-state index contributed by atoms with van der Waals surface area (Å²) in [6.07, 6.45) is 1.15. The lowest BCUT2D eigenvalue weighted by Gasteiger charge is -2.11. The first kappa shape index (κ1) is 10.3. The molecule has 2 N–H and O–H groups in total. The van der Waals surface area contributed by atoms with Crippen LogP contribution in [0.15, 0.2) is 18.2 Å². The van der Waals surface area contributed by atoms with Gasteiger partial charge >= 0.3 is 0 Å². The van der Waals surface area contributed by atoms with Gasteiger partial charge in [-0.25, -0.2) is 0 Å². The molecule has 1 nitrogen and oxygen atoms in total. The zero-order valence-electron chi connectivity index (χ0n) is 8.06. The number of benzene rings is 1. The highest BCUT2D eigenvalue weighted by Gasteiger charge is 2.50. The third kappa shape index (κ3) is 1.54. The fourth-order valence-electron chi connectivity index (χ4n) is 2.00. The van der Waals surface area contributed by atoms with E-state index >= 15 is 0 Å². The number of nitrogens with two attached hydrogens (primary N) is 1. The minimum atomic E-state index is 0.225. The third-order valence-electron chi connectivity index (χ3n) is 3.27. The molecule has 0 aromatic heterocycles. The van der Waals surface area contributed by atoms with E-state index in [-0.39, 0.29) is 5.41 Å². The summed E-state index contributed by atoms with van der Waals surface area (Å²) >= 11 is 11.8. The minimum absolute atomic E-state index is 0.225. The number of halogens is 2. The van der Waals surface area contributed by atoms with Gasteiger partial charge in [-0.1, -0.05) is 36.2 Å². The topological polar surface area (TPSA) is 26.0 Å². The predicted molar refractivity (Wildman–Crippen MR) is 61.0 cm³/mol. The molecule has 14 heavy (non-hydrogen) atoms. The molecule has 1 saturated carbocycles. The molecule has 76 valence electrons. The van der Waals surface area contributed by atoms with Gasteiger partial charge in [0.2, 0.25) is 0 Å². The highest BCUT2D eigenvalue weighted by atomic mass is 35.5. The van der Waals surface area contributed by atoms with Crippen LogP contribution in [-0.4, -0.2) is 6.54 Å². The summed E-state index contributed by atoms with van der Waals surface area (Å²) in [7, 11) is 0. The maximum absolute atomic E-state index is 5.98. The van der Waals surface area contributed by atoms with Crippen LogP contribution < -0.4 is 5.73 Å². The van der Waals surface area contributed by atoms with Gasteiger partial charge in [0.15, 0.2) is 0 Å². The molecule has 1 aromatic rings. The molecular formula is C11H13Cl2N. The molecule has 2 atom stereocenters. The molecule has 0 saturated heterocycles. The van der Waals surface area contributed by atoms with Gasteiger partial charge < -0.3 is 5.73 Å². The number of rotatable bonds is 2. The minimum Gasteiger partial charge on any atom is -0.330 e. The average Bonchev–Trinajstić information content (AvgIpc) is 2.83. The molecule has 0 aliphatic heterocycles. The van der Waals surface area contributed by atoms with Crippen molar-refractivity contribution in [2.75, 3.05) is 6.54 Å². The van der Waals surface area contributed by atoms with Crippen molar-refractivity contribution >= 4 is 23.2 Å². The summed E-state index contributed by atoms with van der Waals surface area (Å²) in [6, 6.07) is 5.86. The second-order valence-electron chi connectivity index (χ2n) is 4.18. The molecule has 2 unspecified atom stereocenters. The van der Waals surface area contributed by atoms with Crippen LogP contribution in [0.5, 0.6) is 0 Å². The van der Waals surface area contributed by atoms with Gasteiger partial charge in [-0.2, -0.15) is 0 Å². The molecule has 0 heterocycles. The van der Waals surface area contributed by atoms with E-state index in [0.717, 1.165) is 13.0 Å². The highest BCUT2D eigenvalue weighted by Crippen LogP contribution is 2.53. The Kier molecular flexibility index (Phi) is 2.50. The van der Waals surface area contributed by atoms with Crippen LogP contribution in [0.4, 0.5) is 0 Å². The third-order valence-corrected chi connectivity index (χ3v) is 4.01. The molecule has 0 bridgehead atoms. The van der Waals surface area contributed by atoms with Gasteiger partial charge in [0.25, 0.3) is 0 Å². The van der Waals surface area contributed by atoms with Crippen LogP contribution in [0.1, 0.15) is 18.9 Å². The van der Waals surface area contributed by atoms with Crippen molar-refractivity contribution in [2.45, 2.75) is 18.8 Å². The van der Waals surface area contributed by atoms with Gasteiger partial charge in [0, 0.05) is 0 Å². The van der Waals surface area contributed by atoms with E-state index in [9.17, 15) is 0 Å². The van der Waals surface area contributed by atoms with Gasteiger partial charge in [-0.15, -0.1) is 0 Å². The second kappa shape index (κ2) is 3.41. The van der Waals surface area contributed by atoms with Crippen LogP contribution in [-0.2, 0) is 5.41 Å². The van der Waals surface area contributed by atoms with Gasteiger partial charge in [0.1, 0.15) is 0 Å². The van der Waals surface area contributed by atoms with Gasteiger partial charge in [-0.05, 0) is 42.0 Å². The van der Waals surface area contributed by atoms with Crippen molar-refractivity contribution in [3.8, 4) is 0 Å². The van der Waals surface area contributed by atoms with Crippen LogP contribution in [0.3, 0.4) is 0 Å². The molecule has 1 fully saturated rings. The smallest absolute Gasteiger partial charge is 0.0595 e. The van der Waals surface area contributed by atoms with Gasteiger partial charge in [0.05, 0.1) is 10.0 Å². The lowest BCUT2D eigenvalue weighted by atomic mass is 9.95. The lowest BCUT2D eigenvalue weighted by molar-refractivity contribution is 0.666. The zero-order chi connectivity index (χ0) is 10.3. The largest absolute Gasteiger partial charge is 0.330 e. The van der Waals surface area contributed by atoms with Crippen molar-refractivity contribution in [1.82, 2.24) is 0 Å². The highest BCUT2D eigenvalue weighted by molar-refractivity contribution is 6.42. The molecule has 2 rings (SSSR count). The summed E-state index contributed by atoms with van der Waals surface area (Å²) in [5.41, 5.74) is 7.13. The van der Waals surface area contributed by atoms with Crippen LogP contribution in [0.2, 0.25) is 10.0 Å². The molecule has 1 aliphatic carbocycles. The van der Waals surface area contributed by atoms with Crippen molar-refractivity contribution in [3.63, 3.8) is 0 Å². The first-order valence-corrected chi connectivity index (χ1v) is 5.49. The van der Waals surface area contributed by atoms with Crippen LogP contribution >= 0.6 is 23.2 Å². The maximum atomic E-state index is 5.98. The van der Waals surface area contributed by atoms with Crippen LogP contribution in [0.25, 0.3) is 0 Å². The van der Waals surface area contributed by atoms with E-state index in [1.54, 1.807) is 0 Å². The SMILES string of the molecule is CC1(c2ccc(Cl)c(Cl)c2)CC1CN. The van der Waals surface area contributed by atoms with E-state index in [2.05, 4.69) is 6.92 Å². The van der Waals surface area contributed by atoms with E-state index in [1.807, 2.05) is 18.2 Å². The molecule has 0 amide bonds. The van der Waals surface area contributed by atoms with Crippen molar-refractivity contribution in [1.29, 1.82) is 0 Å². The van der Waals surface area contributed by atoms with Crippen LogP contribution in [0, 0.1) is 5.92 Å². The standard InChI is InChI=1S/C11H13Cl2N/c1-11(5-8(11)6-14)7-2-3-9(12)10(13)4-7/h2-4,8H,5-6,14H2,1H3. The molecule has 1 aromatic carbocycles. The molecular weight excluding hydrogens is 217 g/mol. The fraction of sp³-hybridized carbons (Fsp3) is 0.455. The Morgan fingerprint density at radius 1 is 1.43 bits per heavy atom. The van der Waals surface area contributed by atoms with E-state index in [0.29, 0.717) is 16.0 Å².